The minimum Gasteiger partial charge on any atom is -0.379 e. The lowest BCUT2D eigenvalue weighted by molar-refractivity contribution is -0.126. The van der Waals surface area contributed by atoms with E-state index in [0.29, 0.717) is 26.2 Å². The SMILES string of the molecule is O=C(CC1=CCCC1)N[C@@H]1CCOC[C@H]1OCc1cscn1. The molecule has 2 heterocycles. The largest absolute Gasteiger partial charge is 0.379 e. The Hall–Kier alpha value is -1.24. The van der Waals surface area contributed by atoms with Crippen LogP contribution in [-0.4, -0.2) is 36.3 Å². The number of aromatic nitrogens is 1. The third-order valence-corrected chi connectivity index (χ3v) is 4.74. The molecule has 0 radical (unpaired) electrons. The van der Waals surface area contributed by atoms with Crippen molar-refractivity contribution >= 4 is 17.2 Å². The number of carbonyl (C=O) groups excluding carboxylic acids is 1. The summed E-state index contributed by atoms with van der Waals surface area (Å²) in [6.07, 6.45) is 6.77. The van der Waals surface area contributed by atoms with E-state index in [1.165, 1.54) is 12.0 Å². The van der Waals surface area contributed by atoms with Crippen molar-refractivity contribution in [1.82, 2.24) is 10.3 Å². The number of hydrogen-bond acceptors (Lipinski definition) is 5. The van der Waals surface area contributed by atoms with Gasteiger partial charge in [0.25, 0.3) is 0 Å². The first-order chi connectivity index (χ1) is 10.8. The van der Waals surface area contributed by atoms with Gasteiger partial charge in [0.2, 0.25) is 5.91 Å². The zero-order chi connectivity index (χ0) is 15.2. The van der Waals surface area contributed by atoms with Crippen LogP contribution in [0.1, 0.15) is 37.8 Å². The maximum atomic E-state index is 12.2. The van der Waals surface area contributed by atoms with Gasteiger partial charge in [0.05, 0.1) is 30.5 Å². The molecule has 1 N–H and O–H groups in total. The molecule has 1 amide bonds. The first-order valence-corrected chi connectivity index (χ1v) is 8.79. The molecule has 2 atom stereocenters. The van der Waals surface area contributed by atoms with E-state index >= 15 is 0 Å². The van der Waals surface area contributed by atoms with Gasteiger partial charge >= 0.3 is 0 Å². The van der Waals surface area contributed by atoms with Gasteiger partial charge in [0.1, 0.15) is 6.10 Å². The molecule has 6 heteroatoms. The van der Waals surface area contributed by atoms with E-state index in [1.54, 1.807) is 16.8 Å². The summed E-state index contributed by atoms with van der Waals surface area (Å²) in [5.41, 5.74) is 3.99. The molecule has 0 spiro atoms. The van der Waals surface area contributed by atoms with Crippen LogP contribution in [0.15, 0.2) is 22.5 Å². The molecule has 0 bridgehead atoms. The molecule has 0 aromatic carbocycles. The Morgan fingerprint density at radius 3 is 3.27 bits per heavy atom. The molecule has 1 aliphatic heterocycles. The summed E-state index contributed by atoms with van der Waals surface area (Å²) in [6.45, 7) is 1.66. The highest BCUT2D eigenvalue weighted by Crippen LogP contribution is 2.21. The Balaban J connectivity index is 1.49. The Morgan fingerprint density at radius 1 is 1.55 bits per heavy atom. The second kappa shape index (κ2) is 7.85. The fourth-order valence-electron chi connectivity index (χ4n) is 2.90. The van der Waals surface area contributed by atoms with Crippen molar-refractivity contribution in [3.63, 3.8) is 0 Å². The van der Waals surface area contributed by atoms with Crippen molar-refractivity contribution in [1.29, 1.82) is 0 Å². The van der Waals surface area contributed by atoms with E-state index in [-0.39, 0.29) is 18.1 Å². The number of allylic oxidation sites excluding steroid dienone is 1. The van der Waals surface area contributed by atoms with Crippen LogP contribution in [0.5, 0.6) is 0 Å². The normalized spacial score (nSPS) is 25.0. The van der Waals surface area contributed by atoms with E-state index in [2.05, 4.69) is 16.4 Å². The number of nitrogens with zero attached hydrogens (tertiary/aromatic N) is 1. The van der Waals surface area contributed by atoms with Gasteiger partial charge in [0, 0.05) is 18.4 Å². The summed E-state index contributed by atoms with van der Waals surface area (Å²) >= 11 is 1.56. The van der Waals surface area contributed by atoms with Crippen LogP contribution >= 0.6 is 11.3 Å². The van der Waals surface area contributed by atoms with Gasteiger partial charge in [-0.2, -0.15) is 0 Å². The Labute approximate surface area is 134 Å². The summed E-state index contributed by atoms with van der Waals surface area (Å²) in [7, 11) is 0. The van der Waals surface area contributed by atoms with E-state index in [9.17, 15) is 4.79 Å². The quantitative estimate of drug-likeness (QED) is 0.817. The van der Waals surface area contributed by atoms with E-state index in [1.807, 2.05) is 5.38 Å². The molecule has 5 nitrogen and oxygen atoms in total. The lowest BCUT2D eigenvalue weighted by Crippen LogP contribution is -2.50. The van der Waals surface area contributed by atoms with Crippen LogP contribution in [0.3, 0.4) is 0 Å². The molecule has 1 aromatic heterocycles. The minimum atomic E-state index is -0.100. The lowest BCUT2D eigenvalue weighted by Gasteiger charge is -2.32. The molecule has 120 valence electrons. The standard InChI is InChI=1S/C16H22N2O3S/c19-16(7-12-3-1-2-4-12)18-14-5-6-20-9-15(14)21-8-13-10-22-11-17-13/h3,10-11,14-15H,1-2,4-9H2,(H,18,19)/t14-,15-/m1/s1. The molecule has 0 unspecified atom stereocenters. The monoisotopic (exact) mass is 322 g/mol. The highest BCUT2D eigenvalue weighted by atomic mass is 32.1. The summed E-state index contributed by atoms with van der Waals surface area (Å²) in [6, 6.07) is 0.0295. The molecule has 1 aromatic rings. The number of nitrogens with one attached hydrogen (secondary N) is 1. The van der Waals surface area contributed by atoms with Crippen LogP contribution in [0, 0.1) is 0 Å². The topological polar surface area (TPSA) is 60.5 Å². The zero-order valence-corrected chi connectivity index (χ0v) is 13.4. The van der Waals surface area contributed by atoms with Crippen molar-refractivity contribution in [2.24, 2.45) is 0 Å². The van der Waals surface area contributed by atoms with Gasteiger partial charge in [0.15, 0.2) is 0 Å². The highest BCUT2D eigenvalue weighted by Gasteiger charge is 2.28. The molecule has 3 rings (SSSR count). The molecular weight excluding hydrogens is 300 g/mol. The number of amides is 1. The van der Waals surface area contributed by atoms with Crippen LogP contribution in [0.2, 0.25) is 0 Å². The van der Waals surface area contributed by atoms with Crippen molar-refractivity contribution in [3.8, 4) is 0 Å². The van der Waals surface area contributed by atoms with Crippen molar-refractivity contribution < 1.29 is 14.3 Å². The third-order valence-electron chi connectivity index (χ3n) is 4.10. The van der Waals surface area contributed by atoms with Gasteiger partial charge in [-0.05, 0) is 25.7 Å². The average molecular weight is 322 g/mol. The maximum Gasteiger partial charge on any atom is 0.224 e. The number of thiazole rings is 1. The third kappa shape index (κ3) is 4.38. The van der Waals surface area contributed by atoms with Crippen LogP contribution in [0.4, 0.5) is 0 Å². The zero-order valence-electron chi connectivity index (χ0n) is 12.6. The minimum absolute atomic E-state index is 0.0295. The predicted molar refractivity (Wildman–Crippen MR) is 84.6 cm³/mol. The van der Waals surface area contributed by atoms with Crippen molar-refractivity contribution in [2.45, 2.75) is 50.9 Å². The fraction of sp³-hybridized carbons (Fsp3) is 0.625. The number of ether oxygens (including phenoxy) is 2. The molecule has 22 heavy (non-hydrogen) atoms. The first-order valence-electron chi connectivity index (χ1n) is 7.85. The van der Waals surface area contributed by atoms with Crippen LogP contribution < -0.4 is 5.32 Å². The summed E-state index contributed by atoms with van der Waals surface area (Å²) in [5.74, 6) is 0.0994. The summed E-state index contributed by atoms with van der Waals surface area (Å²) < 4.78 is 11.4. The summed E-state index contributed by atoms with van der Waals surface area (Å²) in [4.78, 5) is 16.4. The van der Waals surface area contributed by atoms with E-state index in [4.69, 9.17) is 9.47 Å². The smallest absolute Gasteiger partial charge is 0.224 e. The number of rotatable bonds is 6. The van der Waals surface area contributed by atoms with Gasteiger partial charge in [-0.25, -0.2) is 4.98 Å². The molecule has 1 saturated heterocycles. The Morgan fingerprint density at radius 2 is 2.50 bits per heavy atom. The summed E-state index contributed by atoms with van der Waals surface area (Å²) in [5, 5.41) is 5.10. The van der Waals surface area contributed by atoms with Gasteiger partial charge in [-0.1, -0.05) is 11.6 Å². The van der Waals surface area contributed by atoms with Crippen molar-refractivity contribution in [3.05, 3.63) is 28.2 Å². The lowest BCUT2D eigenvalue weighted by atomic mass is 10.0. The van der Waals surface area contributed by atoms with Gasteiger partial charge in [-0.3, -0.25) is 4.79 Å². The first kappa shape index (κ1) is 15.6. The van der Waals surface area contributed by atoms with Gasteiger partial charge in [-0.15, -0.1) is 11.3 Å². The molecule has 2 aliphatic rings. The van der Waals surface area contributed by atoms with Crippen molar-refractivity contribution in [2.75, 3.05) is 13.2 Å². The Bertz CT molecular complexity index is 515. The van der Waals surface area contributed by atoms with E-state index < -0.39 is 0 Å². The van der Waals surface area contributed by atoms with Crippen LogP contribution in [-0.2, 0) is 20.9 Å². The molecule has 0 saturated carbocycles. The molecule has 1 aliphatic carbocycles. The Kier molecular flexibility index (Phi) is 5.58. The predicted octanol–water partition coefficient (Wildman–Crippen LogP) is 2.43. The fourth-order valence-corrected chi connectivity index (χ4v) is 3.45. The number of hydrogen-bond donors (Lipinski definition) is 1. The van der Waals surface area contributed by atoms with Gasteiger partial charge < -0.3 is 14.8 Å². The second-order valence-corrected chi connectivity index (χ2v) is 6.52. The maximum absolute atomic E-state index is 12.2. The number of carbonyl (C=O) groups is 1. The highest BCUT2D eigenvalue weighted by molar-refractivity contribution is 7.07. The average Bonchev–Trinajstić information content (AvgIpc) is 3.19. The molecular formula is C16H22N2O3S. The van der Waals surface area contributed by atoms with Crippen LogP contribution in [0.25, 0.3) is 0 Å². The molecule has 1 fully saturated rings. The second-order valence-electron chi connectivity index (χ2n) is 5.80. The van der Waals surface area contributed by atoms with E-state index in [0.717, 1.165) is 25.0 Å².